The van der Waals surface area contributed by atoms with Gasteiger partial charge in [-0.2, -0.15) is 0 Å². The van der Waals surface area contributed by atoms with Gasteiger partial charge in [0.25, 0.3) is 5.91 Å². The van der Waals surface area contributed by atoms with Gasteiger partial charge in [0.15, 0.2) is 23.1 Å². The number of ether oxygens (including phenoxy) is 1. The van der Waals surface area contributed by atoms with Crippen LogP contribution in [0.25, 0.3) is 33.5 Å². The van der Waals surface area contributed by atoms with Crippen LogP contribution in [0.3, 0.4) is 0 Å². The number of carbonyl (C=O) groups excluding carboxylic acids is 1. The van der Waals surface area contributed by atoms with E-state index in [1.165, 1.54) is 9.58 Å². The molecule has 1 aliphatic carbocycles. The maximum Gasteiger partial charge on any atom is 0.278 e. The van der Waals surface area contributed by atoms with Gasteiger partial charge in [-0.05, 0) is 40.3 Å². The van der Waals surface area contributed by atoms with Crippen LogP contribution in [-0.2, 0) is 11.2 Å². The SMILES string of the molecule is O=C1c2c(O)c(=O)cc(-c3cc(F)c(F)c4c3Cc3ccccc3-c3ccccc3-4)n2NC2COCCN12. The molecule has 9 heteroatoms. The maximum atomic E-state index is 15.7. The minimum Gasteiger partial charge on any atom is -0.502 e. The van der Waals surface area contributed by atoms with Gasteiger partial charge in [-0.25, -0.2) is 13.5 Å². The number of halogens is 2. The van der Waals surface area contributed by atoms with Gasteiger partial charge in [0, 0.05) is 23.7 Å². The van der Waals surface area contributed by atoms with Crippen LogP contribution >= 0.6 is 0 Å². The number of rotatable bonds is 1. The molecule has 1 saturated heterocycles. The third-order valence-electron chi connectivity index (χ3n) is 7.53. The Hall–Kier alpha value is -4.50. The Morgan fingerprint density at radius 2 is 1.68 bits per heavy atom. The second-order valence-electron chi connectivity index (χ2n) is 9.60. The third kappa shape index (κ3) is 3.15. The van der Waals surface area contributed by atoms with Crippen molar-refractivity contribution >= 4 is 5.91 Å². The predicted octanol–water partition coefficient (Wildman–Crippen LogP) is 4.09. The highest BCUT2D eigenvalue weighted by Crippen LogP contribution is 2.45. The lowest BCUT2D eigenvalue weighted by Crippen LogP contribution is -2.59. The van der Waals surface area contributed by atoms with E-state index in [0.717, 1.165) is 28.8 Å². The lowest BCUT2D eigenvalue weighted by atomic mass is 9.90. The molecule has 1 aromatic heterocycles. The Bertz CT molecular complexity index is 1730. The molecule has 4 aromatic rings. The minimum absolute atomic E-state index is 0.103. The van der Waals surface area contributed by atoms with Gasteiger partial charge in [0.1, 0.15) is 6.17 Å². The summed E-state index contributed by atoms with van der Waals surface area (Å²) in [5.74, 6) is -3.32. The molecule has 3 heterocycles. The van der Waals surface area contributed by atoms with Crippen LogP contribution in [0.15, 0.2) is 65.5 Å². The van der Waals surface area contributed by atoms with Gasteiger partial charge in [-0.15, -0.1) is 0 Å². The molecular weight excluding hydrogens is 492 g/mol. The van der Waals surface area contributed by atoms with Crippen molar-refractivity contribution in [2.45, 2.75) is 12.6 Å². The summed E-state index contributed by atoms with van der Waals surface area (Å²) in [5, 5.41) is 10.6. The lowest BCUT2D eigenvalue weighted by Gasteiger charge is -2.42. The molecule has 2 aliphatic heterocycles. The molecule has 1 fully saturated rings. The fourth-order valence-electron chi connectivity index (χ4n) is 5.79. The van der Waals surface area contributed by atoms with Crippen LogP contribution in [0.5, 0.6) is 5.75 Å². The van der Waals surface area contributed by atoms with Crippen molar-refractivity contribution in [1.82, 2.24) is 9.58 Å². The quantitative estimate of drug-likeness (QED) is 0.353. The molecule has 1 amide bonds. The summed E-state index contributed by atoms with van der Waals surface area (Å²) in [6, 6.07) is 17.1. The number of benzene rings is 3. The summed E-state index contributed by atoms with van der Waals surface area (Å²) in [6.07, 6.45) is -0.307. The fourth-order valence-corrected chi connectivity index (χ4v) is 5.79. The molecule has 3 aromatic carbocycles. The number of hydrogen-bond acceptors (Lipinski definition) is 5. The predicted molar refractivity (Wildman–Crippen MR) is 136 cm³/mol. The van der Waals surface area contributed by atoms with Crippen molar-refractivity contribution < 1.29 is 23.4 Å². The Morgan fingerprint density at radius 3 is 2.50 bits per heavy atom. The second-order valence-corrected chi connectivity index (χ2v) is 9.60. The molecule has 7 rings (SSSR count). The summed E-state index contributed by atoms with van der Waals surface area (Å²) >= 11 is 0. The molecule has 190 valence electrons. The number of aromatic hydroxyl groups is 1. The van der Waals surface area contributed by atoms with E-state index in [4.69, 9.17) is 4.74 Å². The Kier molecular flexibility index (Phi) is 4.93. The van der Waals surface area contributed by atoms with E-state index in [1.54, 1.807) is 12.1 Å². The molecule has 3 aliphatic rings. The van der Waals surface area contributed by atoms with E-state index < -0.39 is 34.9 Å². The van der Waals surface area contributed by atoms with E-state index in [0.29, 0.717) is 17.7 Å². The van der Waals surface area contributed by atoms with Crippen LogP contribution in [0.1, 0.15) is 21.6 Å². The Labute approximate surface area is 215 Å². The van der Waals surface area contributed by atoms with Gasteiger partial charge < -0.3 is 20.2 Å². The topological polar surface area (TPSA) is 83.8 Å². The Morgan fingerprint density at radius 1 is 0.947 bits per heavy atom. The Balaban J connectivity index is 1.56. The van der Waals surface area contributed by atoms with Crippen LogP contribution in [-0.4, -0.2) is 46.5 Å². The second kappa shape index (κ2) is 8.26. The van der Waals surface area contributed by atoms with E-state index in [2.05, 4.69) is 5.43 Å². The summed E-state index contributed by atoms with van der Waals surface area (Å²) < 4.78 is 37.8. The van der Waals surface area contributed by atoms with Crippen molar-refractivity contribution in [2.75, 3.05) is 25.2 Å². The third-order valence-corrected chi connectivity index (χ3v) is 7.53. The van der Waals surface area contributed by atoms with Gasteiger partial charge in [0.05, 0.1) is 18.9 Å². The summed E-state index contributed by atoms with van der Waals surface area (Å²) in [5.41, 5.74) is 6.17. The first-order chi connectivity index (χ1) is 18.4. The van der Waals surface area contributed by atoms with Gasteiger partial charge in [-0.3, -0.25) is 9.59 Å². The van der Waals surface area contributed by atoms with Crippen LogP contribution in [0.4, 0.5) is 8.78 Å². The number of carbonyl (C=O) groups is 1. The molecule has 0 radical (unpaired) electrons. The van der Waals surface area contributed by atoms with Gasteiger partial charge in [0.2, 0.25) is 5.43 Å². The zero-order chi connectivity index (χ0) is 26.1. The van der Waals surface area contributed by atoms with Crippen molar-refractivity contribution in [2.24, 2.45) is 0 Å². The zero-order valence-corrected chi connectivity index (χ0v) is 20.0. The first kappa shape index (κ1) is 22.7. The summed E-state index contributed by atoms with van der Waals surface area (Å²) in [4.78, 5) is 27.8. The minimum atomic E-state index is -1.08. The standard InChI is InChI=1S/C29H21F2N3O4/c30-21-12-19(22-13-23(35)28(36)27-29(37)33-9-10-38-14-24(33)32-34(22)27)20-11-15-5-1-2-6-16(15)17-7-3-4-8-18(17)25(20)26(21)31/h1-8,12-13,24,32,36H,9-11,14H2. The number of amides is 1. The van der Waals surface area contributed by atoms with Crippen LogP contribution in [0, 0.1) is 11.6 Å². The first-order valence-electron chi connectivity index (χ1n) is 12.3. The van der Waals surface area contributed by atoms with Crippen molar-refractivity contribution in [1.29, 1.82) is 0 Å². The summed E-state index contributed by atoms with van der Waals surface area (Å²) in [7, 11) is 0. The van der Waals surface area contributed by atoms with E-state index in [9.17, 15) is 14.7 Å². The molecular formula is C29H21F2N3O4. The number of hydrogen-bond donors (Lipinski definition) is 2. The van der Waals surface area contributed by atoms with Crippen molar-refractivity contribution in [3.8, 4) is 39.3 Å². The highest BCUT2D eigenvalue weighted by Gasteiger charge is 2.38. The number of pyridine rings is 1. The highest BCUT2D eigenvalue weighted by molar-refractivity contribution is 5.98. The maximum absolute atomic E-state index is 15.7. The molecule has 2 N–H and O–H groups in total. The molecule has 0 spiro atoms. The van der Waals surface area contributed by atoms with E-state index in [-0.39, 0.29) is 42.1 Å². The molecule has 0 saturated carbocycles. The molecule has 38 heavy (non-hydrogen) atoms. The van der Waals surface area contributed by atoms with Crippen LogP contribution in [0.2, 0.25) is 0 Å². The number of aromatic nitrogens is 1. The monoisotopic (exact) mass is 513 g/mol. The highest BCUT2D eigenvalue weighted by atomic mass is 19.2. The van der Waals surface area contributed by atoms with Crippen molar-refractivity contribution in [3.63, 3.8) is 0 Å². The number of nitrogens with one attached hydrogen (secondary N) is 1. The molecule has 0 bridgehead atoms. The normalized spacial score (nSPS) is 17.4. The lowest BCUT2D eigenvalue weighted by molar-refractivity contribution is -0.00300. The van der Waals surface area contributed by atoms with E-state index in [1.807, 2.05) is 36.4 Å². The van der Waals surface area contributed by atoms with Crippen LogP contribution < -0.4 is 10.9 Å². The smallest absolute Gasteiger partial charge is 0.278 e. The van der Waals surface area contributed by atoms with Gasteiger partial charge in [-0.1, -0.05) is 48.5 Å². The molecule has 1 unspecified atom stereocenters. The fraction of sp³-hybridized carbons (Fsp3) is 0.172. The number of nitrogens with zero attached hydrogens (tertiary/aromatic N) is 2. The average Bonchev–Trinajstić information content (AvgIpc) is 3.08. The largest absolute Gasteiger partial charge is 0.502 e. The first-order valence-corrected chi connectivity index (χ1v) is 12.3. The van der Waals surface area contributed by atoms with E-state index >= 15 is 8.78 Å². The van der Waals surface area contributed by atoms with Crippen molar-refractivity contribution in [3.05, 3.63) is 99.3 Å². The zero-order valence-electron chi connectivity index (χ0n) is 20.0. The molecule has 1 atom stereocenters. The van der Waals surface area contributed by atoms with Gasteiger partial charge >= 0.3 is 0 Å². The average molecular weight is 514 g/mol. The molecule has 7 nitrogen and oxygen atoms in total. The number of fused-ring (bicyclic) bond motifs is 7. The number of morpholine rings is 1. The summed E-state index contributed by atoms with van der Waals surface area (Å²) in [6.45, 7) is 0.792.